The van der Waals surface area contributed by atoms with Crippen LogP contribution in [-0.4, -0.2) is 39.7 Å². The standard InChI is InChI=1S/C18H18N4O3/c23-9-7-14-13(6-8-19-14)10-16-20-11-15(21-18(24)25)17(22-16)12-4-2-1-3-5-12/h1-5,7,11,13-14,19,21H,6,8,10H2,(H,24,25). The van der Waals surface area contributed by atoms with Crippen LogP contribution in [0.5, 0.6) is 0 Å². The van der Waals surface area contributed by atoms with E-state index in [0.29, 0.717) is 23.6 Å². The Morgan fingerprint density at radius 1 is 1.40 bits per heavy atom. The Bertz CT molecular complexity index is 803. The molecule has 7 heteroatoms. The summed E-state index contributed by atoms with van der Waals surface area (Å²) < 4.78 is 0. The van der Waals surface area contributed by atoms with Crippen LogP contribution in [0.15, 0.2) is 42.6 Å². The molecule has 1 amide bonds. The number of amides is 1. The fourth-order valence-electron chi connectivity index (χ4n) is 3.05. The zero-order valence-electron chi connectivity index (χ0n) is 13.5. The van der Waals surface area contributed by atoms with Gasteiger partial charge in [-0.1, -0.05) is 30.3 Å². The number of nitrogens with zero attached hydrogens (tertiary/aromatic N) is 2. The number of carboxylic acid groups (broad SMARTS) is 1. The number of nitrogens with one attached hydrogen (secondary N) is 2. The van der Waals surface area contributed by atoms with Crippen LogP contribution >= 0.6 is 0 Å². The van der Waals surface area contributed by atoms with Gasteiger partial charge in [-0.25, -0.2) is 19.6 Å². The fraction of sp³-hybridized carbons (Fsp3) is 0.278. The van der Waals surface area contributed by atoms with Crippen molar-refractivity contribution in [1.82, 2.24) is 15.3 Å². The molecule has 3 rings (SSSR count). The summed E-state index contributed by atoms with van der Waals surface area (Å²) in [5, 5.41) is 14.6. The maximum atomic E-state index is 11.0. The van der Waals surface area contributed by atoms with Crippen molar-refractivity contribution in [3.63, 3.8) is 0 Å². The molecule has 1 saturated heterocycles. The summed E-state index contributed by atoms with van der Waals surface area (Å²) in [6, 6.07) is 9.33. The SMILES string of the molecule is O=C=CC1NCCC1Cc1ncc(NC(=O)O)c(-c2ccccc2)n1. The smallest absolute Gasteiger partial charge is 0.409 e. The van der Waals surface area contributed by atoms with Crippen LogP contribution in [0.4, 0.5) is 10.5 Å². The van der Waals surface area contributed by atoms with Crippen LogP contribution in [0.2, 0.25) is 0 Å². The molecule has 0 aliphatic carbocycles. The molecular formula is C18H18N4O3. The number of anilines is 1. The molecular weight excluding hydrogens is 320 g/mol. The van der Waals surface area contributed by atoms with Gasteiger partial charge in [0, 0.05) is 24.1 Å². The minimum Gasteiger partial charge on any atom is -0.465 e. The molecule has 0 radical (unpaired) electrons. The molecule has 7 nitrogen and oxygen atoms in total. The second-order valence-corrected chi connectivity index (χ2v) is 5.86. The minimum atomic E-state index is -1.16. The van der Waals surface area contributed by atoms with Crippen molar-refractivity contribution in [2.75, 3.05) is 11.9 Å². The van der Waals surface area contributed by atoms with Crippen LogP contribution in [0, 0.1) is 5.92 Å². The molecule has 2 atom stereocenters. The highest BCUT2D eigenvalue weighted by Crippen LogP contribution is 2.27. The van der Waals surface area contributed by atoms with Crippen LogP contribution in [0.3, 0.4) is 0 Å². The predicted molar refractivity (Wildman–Crippen MR) is 93.0 cm³/mol. The van der Waals surface area contributed by atoms with Crippen LogP contribution in [-0.2, 0) is 11.2 Å². The molecule has 1 aliphatic heterocycles. The van der Waals surface area contributed by atoms with E-state index < -0.39 is 6.09 Å². The summed E-state index contributed by atoms with van der Waals surface area (Å²) in [7, 11) is 0. The number of benzene rings is 1. The van der Waals surface area contributed by atoms with E-state index >= 15 is 0 Å². The van der Waals surface area contributed by atoms with Gasteiger partial charge in [0.05, 0.1) is 17.6 Å². The third kappa shape index (κ3) is 4.09. The Morgan fingerprint density at radius 2 is 2.20 bits per heavy atom. The fourth-order valence-corrected chi connectivity index (χ4v) is 3.05. The number of rotatable bonds is 5. The number of aromatic nitrogens is 2. The minimum absolute atomic E-state index is 0.0295. The van der Waals surface area contributed by atoms with Crippen molar-refractivity contribution in [3.05, 3.63) is 48.4 Å². The van der Waals surface area contributed by atoms with E-state index in [0.717, 1.165) is 18.5 Å². The van der Waals surface area contributed by atoms with E-state index in [1.807, 2.05) is 36.3 Å². The van der Waals surface area contributed by atoms with Crippen molar-refractivity contribution < 1.29 is 14.7 Å². The zero-order valence-corrected chi connectivity index (χ0v) is 13.5. The third-order valence-electron chi connectivity index (χ3n) is 4.22. The molecule has 2 heterocycles. The second kappa shape index (κ2) is 7.70. The van der Waals surface area contributed by atoms with Crippen molar-refractivity contribution in [3.8, 4) is 11.3 Å². The Morgan fingerprint density at radius 3 is 2.92 bits per heavy atom. The normalized spacial score (nSPS) is 19.2. The zero-order chi connectivity index (χ0) is 17.6. The summed E-state index contributed by atoms with van der Waals surface area (Å²) >= 11 is 0. The van der Waals surface area contributed by atoms with E-state index in [-0.39, 0.29) is 12.0 Å². The largest absolute Gasteiger partial charge is 0.465 e. The molecule has 1 fully saturated rings. The van der Waals surface area contributed by atoms with Gasteiger partial charge in [0.2, 0.25) is 0 Å². The maximum Gasteiger partial charge on any atom is 0.409 e. The van der Waals surface area contributed by atoms with Gasteiger partial charge in [0.25, 0.3) is 0 Å². The summed E-state index contributed by atoms with van der Waals surface area (Å²) in [5.74, 6) is 2.67. The lowest BCUT2D eigenvalue weighted by atomic mass is 9.96. The molecule has 2 unspecified atom stereocenters. The Labute approximate surface area is 144 Å². The van der Waals surface area contributed by atoms with Gasteiger partial charge in [-0.05, 0) is 18.9 Å². The van der Waals surface area contributed by atoms with Crippen LogP contribution < -0.4 is 10.6 Å². The monoisotopic (exact) mass is 338 g/mol. The second-order valence-electron chi connectivity index (χ2n) is 5.86. The van der Waals surface area contributed by atoms with Gasteiger partial charge < -0.3 is 10.4 Å². The predicted octanol–water partition coefficient (Wildman–Crippen LogP) is 2.14. The lowest BCUT2D eigenvalue weighted by Gasteiger charge is -2.15. The topological polar surface area (TPSA) is 104 Å². The van der Waals surface area contributed by atoms with Crippen LogP contribution in [0.25, 0.3) is 11.3 Å². The van der Waals surface area contributed by atoms with Crippen molar-refractivity contribution in [2.24, 2.45) is 5.92 Å². The van der Waals surface area contributed by atoms with E-state index in [2.05, 4.69) is 20.6 Å². The molecule has 1 aromatic heterocycles. The first kappa shape index (κ1) is 16.8. The summed E-state index contributed by atoms with van der Waals surface area (Å²) in [4.78, 5) is 30.5. The number of hydrogen-bond donors (Lipinski definition) is 3. The highest BCUT2D eigenvalue weighted by molar-refractivity contribution is 5.88. The van der Waals surface area contributed by atoms with Gasteiger partial charge in [-0.2, -0.15) is 0 Å². The molecule has 0 bridgehead atoms. The lowest BCUT2D eigenvalue weighted by Crippen LogP contribution is -2.26. The summed E-state index contributed by atoms with van der Waals surface area (Å²) in [6.07, 6.45) is 3.34. The van der Waals surface area contributed by atoms with Gasteiger partial charge in [0.15, 0.2) is 0 Å². The van der Waals surface area contributed by atoms with E-state index in [4.69, 9.17) is 5.11 Å². The first-order chi connectivity index (χ1) is 12.2. The van der Waals surface area contributed by atoms with E-state index in [1.54, 1.807) is 0 Å². The average Bonchev–Trinajstić information content (AvgIpc) is 3.04. The third-order valence-corrected chi connectivity index (χ3v) is 4.22. The molecule has 1 aromatic carbocycles. The number of carbonyl (C=O) groups excluding carboxylic acids is 1. The number of hydrogen-bond acceptors (Lipinski definition) is 5. The molecule has 1 aliphatic rings. The van der Waals surface area contributed by atoms with Gasteiger partial charge in [-0.3, -0.25) is 5.32 Å². The molecule has 2 aromatic rings. The number of carbonyl (C=O) groups is 1. The van der Waals surface area contributed by atoms with Crippen LogP contribution in [0.1, 0.15) is 12.2 Å². The molecule has 25 heavy (non-hydrogen) atoms. The Balaban J connectivity index is 1.91. The molecule has 0 saturated carbocycles. The summed E-state index contributed by atoms with van der Waals surface area (Å²) in [6.45, 7) is 0.831. The first-order valence-electron chi connectivity index (χ1n) is 8.03. The lowest BCUT2D eigenvalue weighted by molar-refractivity contribution is 0.209. The molecule has 0 spiro atoms. The van der Waals surface area contributed by atoms with Gasteiger partial charge in [0.1, 0.15) is 11.8 Å². The first-order valence-corrected chi connectivity index (χ1v) is 8.03. The maximum absolute atomic E-state index is 11.0. The van der Waals surface area contributed by atoms with Crippen molar-refractivity contribution in [2.45, 2.75) is 18.9 Å². The van der Waals surface area contributed by atoms with Crippen molar-refractivity contribution >= 4 is 17.7 Å². The highest BCUT2D eigenvalue weighted by atomic mass is 16.4. The molecule has 128 valence electrons. The van der Waals surface area contributed by atoms with Gasteiger partial charge in [-0.15, -0.1) is 0 Å². The van der Waals surface area contributed by atoms with Crippen molar-refractivity contribution in [1.29, 1.82) is 0 Å². The van der Waals surface area contributed by atoms with E-state index in [1.165, 1.54) is 12.3 Å². The van der Waals surface area contributed by atoms with Gasteiger partial charge >= 0.3 is 6.09 Å². The Hall–Kier alpha value is -3.02. The quantitative estimate of drug-likeness (QED) is 0.722. The molecule has 3 N–H and O–H groups in total. The average molecular weight is 338 g/mol. The highest BCUT2D eigenvalue weighted by Gasteiger charge is 2.26. The Kier molecular flexibility index (Phi) is 5.18. The van der Waals surface area contributed by atoms with E-state index in [9.17, 15) is 9.59 Å². The summed E-state index contributed by atoms with van der Waals surface area (Å²) in [5.41, 5.74) is 1.70.